The Bertz CT molecular complexity index is 245. The van der Waals surface area contributed by atoms with Crippen LogP contribution in [0.4, 0.5) is 48.3 Å². The summed E-state index contributed by atoms with van der Waals surface area (Å²) in [7, 11) is 0. The van der Waals surface area contributed by atoms with Crippen LogP contribution in [0.3, 0.4) is 0 Å². The molecule has 0 bridgehead atoms. The van der Waals surface area contributed by atoms with Crippen LogP contribution in [0.15, 0.2) is 0 Å². The smallest absolute Gasteiger partial charge is 0.211 e. The third kappa shape index (κ3) is 138. The topological polar surface area (TPSA) is 0 Å². The average molecular weight is 582 g/mol. The highest BCUT2D eigenvalue weighted by molar-refractivity contribution is 6.66. The molecule has 26 heavy (non-hydrogen) atoms. The zero-order chi connectivity index (χ0) is 23.2. The van der Waals surface area contributed by atoms with E-state index >= 15 is 0 Å². The maximum Gasteiger partial charge on any atom is 0.452 e. The Labute approximate surface area is 179 Å². The molecule has 0 spiro atoms. The summed E-state index contributed by atoms with van der Waals surface area (Å²) in [5, 5.41) is 0. The molecule has 0 amide bonds. The van der Waals surface area contributed by atoms with Crippen molar-refractivity contribution in [1.29, 1.82) is 0 Å². The third-order valence-corrected chi connectivity index (χ3v) is 0.750. The first-order valence-corrected chi connectivity index (χ1v) is 7.65. The molecule has 0 N–H and O–H groups in total. The predicted octanol–water partition coefficient (Wildman–Crippen LogP) is 9.67. The molecule has 0 saturated heterocycles. The monoisotopic (exact) mass is 578 g/mol. The summed E-state index contributed by atoms with van der Waals surface area (Å²) < 4.78 is 110. The summed E-state index contributed by atoms with van der Waals surface area (Å²) >= 11 is 33.0. The van der Waals surface area contributed by atoms with Gasteiger partial charge in [-0.3, -0.25) is 0 Å². The molecule has 0 atom stereocenters. The Morgan fingerprint density at radius 2 is 0.654 bits per heavy atom. The van der Waals surface area contributed by atoms with Crippen molar-refractivity contribution in [1.82, 2.24) is 0 Å². The fourth-order valence-corrected chi connectivity index (χ4v) is 0. The first kappa shape index (κ1) is 38.2. The molecule has 0 unspecified atom stereocenters. The van der Waals surface area contributed by atoms with Gasteiger partial charge in [-0.25, -0.2) is 8.78 Å². The van der Waals surface area contributed by atoms with E-state index in [1.165, 1.54) is 0 Å². The van der Waals surface area contributed by atoms with Crippen LogP contribution >= 0.6 is 92.8 Å². The second kappa shape index (κ2) is 17.4. The van der Waals surface area contributed by atoms with Gasteiger partial charge in [0.15, 0.2) is 0 Å². The van der Waals surface area contributed by atoms with Crippen molar-refractivity contribution in [2.75, 3.05) is 0 Å². The molecule has 0 aromatic heterocycles. The zero-order valence-corrected chi connectivity index (χ0v) is 17.4. The van der Waals surface area contributed by atoms with Crippen molar-refractivity contribution >= 4 is 92.8 Å². The van der Waals surface area contributed by atoms with Crippen LogP contribution < -0.4 is 0 Å². The van der Waals surface area contributed by atoms with Crippen molar-refractivity contribution in [3.8, 4) is 0 Å². The lowest BCUT2D eigenvalue weighted by Crippen LogP contribution is -2.28. The Morgan fingerprint density at radius 3 is 0.654 bits per heavy atom. The maximum absolute atomic E-state index is 11.3. The van der Waals surface area contributed by atoms with E-state index in [4.69, 9.17) is 0 Å². The van der Waals surface area contributed by atoms with Crippen molar-refractivity contribution < 1.29 is 48.3 Å². The van der Waals surface area contributed by atoms with Crippen LogP contribution in [-0.4, -0.2) is 32.0 Å². The highest BCUT2D eigenvalue weighted by atomic mass is 35.6. The van der Waals surface area contributed by atoms with Gasteiger partial charge in [-0.1, -0.05) is 34.8 Å². The highest BCUT2D eigenvalue weighted by Crippen LogP contribution is 2.40. The van der Waals surface area contributed by atoms with Crippen LogP contribution in [0, 0.1) is 0 Å². The van der Waals surface area contributed by atoms with Gasteiger partial charge in [0.2, 0.25) is 6.43 Å². The van der Waals surface area contributed by atoms with Crippen molar-refractivity contribution in [3.05, 3.63) is 0 Å². The molecule has 0 aliphatic heterocycles. The van der Waals surface area contributed by atoms with Gasteiger partial charge in [-0.05, 0) is 64.9 Å². The number of hydrogen-bond donors (Lipinski definition) is 0. The number of hydrogen-bond acceptors (Lipinski definition) is 0. The average Bonchev–Trinajstić information content (AvgIpc) is 2.04. The zero-order valence-electron chi connectivity index (χ0n) is 11.3. The van der Waals surface area contributed by atoms with E-state index in [-0.39, 0.29) is 0 Å². The lowest BCUT2D eigenvalue weighted by Gasteiger charge is -2.11. The summed E-state index contributed by atoms with van der Waals surface area (Å²) in [5.41, 5.74) is 0. The lowest BCUT2D eigenvalue weighted by atomic mass is 10.7. The molecule has 0 aliphatic rings. The standard InChI is InChI=1S/C2Cl2F4.C2H4F2.CCl3F.CCl2F2.CHClF2/c3-1(4,5)2(6,7)8;1-2(3)4;2*2-1(3,4)5;2-1(3)4/h;2H,1H3;;;1H. The van der Waals surface area contributed by atoms with E-state index in [9.17, 15) is 48.3 Å². The van der Waals surface area contributed by atoms with E-state index < -0.39 is 32.0 Å². The molecule has 0 aromatic carbocycles. The van der Waals surface area contributed by atoms with Gasteiger partial charge in [0, 0.05) is 0 Å². The molecule has 0 saturated carbocycles. The Morgan fingerprint density at radius 1 is 0.615 bits per heavy atom. The maximum atomic E-state index is 11.3. The van der Waals surface area contributed by atoms with E-state index in [1.807, 2.05) is 0 Å². The highest BCUT2D eigenvalue weighted by Gasteiger charge is 2.53. The van der Waals surface area contributed by atoms with E-state index in [2.05, 4.69) is 92.8 Å². The molecule has 0 fully saturated rings. The molecule has 166 valence electrons. The number of rotatable bonds is 0. The Kier molecular flexibility index (Phi) is 25.6. The van der Waals surface area contributed by atoms with Crippen LogP contribution in [0.2, 0.25) is 0 Å². The molecule has 0 radical (unpaired) electrons. The van der Waals surface area contributed by atoms with E-state index in [0.717, 1.165) is 6.92 Å². The molecule has 19 heteroatoms. The van der Waals surface area contributed by atoms with Crippen molar-refractivity contribution in [2.24, 2.45) is 0 Å². The largest absolute Gasteiger partial charge is 0.452 e. The summed E-state index contributed by atoms with van der Waals surface area (Å²) in [5.74, 6) is -2.69. The summed E-state index contributed by atoms with van der Waals surface area (Å²) in [6.07, 6.45) is -7.36. The molecular weight excluding hydrogens is 577 g/mol. The van der Waals surface area contributed by atoms with Crippen molar-refractivity contribution in [3.63, 3.8) is 0 Å². The van der Waals surface area contributed by atoms with Gasteiger partial charge >= 0.3 is 25.5 Å². The van der Waals surface area contributed by atoms with Gasteiger partial charge in [0.1, 0.15) is 0 Å². The van der Waals surface area contributed by atoms with Crippen LogP contribution in [0.25, 0.3) is 0 Å². The van der Waals surface area contributed by atoms with Gasteiger partial charge in [-0.15, -0.1) is 0 Å². The van der Waals surface area contributed by atoms with Gasteiger partial charge < -0.3 is 0 Å². The van der Waals surface area contributed by atoms with E-state index in [0.29, 0.717) is 0 Å². The fourth-order valence-electron chi connectivity index (χ4n) is 0. The molecule has 0 aliphatic carbocycles. The molecule has 0 rings (SSSR count). The predicted molar refractivity (Wildman–Crippen MR) is 83.2 cm³/mol. The fraction of sp³-hybridized carbons (Fsp3) is 1.00. The SMILES string of the molecule is CC(F)F.FC(Cl)(Cl)Cl.FC(F)(Cl)Cl.FC(F)(F)C(F)(Cl)Cl.FC(F)Cl. The molecule has 0 nitrogen and oxygen atoms in total. The minimum absolute atomic E-state index is 0.833. The van der Waals surface area contributed by atoms with Gasteiger partial charge in [0.25, 0.3) is 0 Å². The Hall–Kier alpha value is 1.55. The normalized spacial score (nSPS) is 11.8. The first-order valence-electron chi connectivity index (χ1n) is 4.56. The quantitative estimate of drug-likeness (QED) is 0.197. The van der Waals surface area contributed by atoms with Crippen molar-refractivity contribution in [2.45, 2.75) is 38.9 Å². The van der Waals surface area contributed by atoms with Crippen LogP contribution in [0.1, 0.15) is 6.92 Å². The second-order valence-electron chi connectivity index (χ2n) is 2.62. The summed E-state index contributed by atoms with van der Waals surface area (Å²) in [6, 6.07) is 0. The minimum atomic E-state index is -5.20. The number of halogens is 19. The first-order chi connectivity index (χ1) is 10.7. The lowest BCUT2D eigenvalue weighted by molar-refractivity contribution is -0.170. The Balaban J connectivity index is -0.0000000730. The van der Waals surface area contributed by atoms with Crippen LogP contribution in [0.5, 0.6) is 0 Å². The minimum Gasteiger partial charge on any atom is -0.211 e. The summed E-state index contributed by atoms with van der Waals surface area (Å²) in [4.78, 5) is -3.56. The molecule has 0 aromatic rings. The second-order valence-corrected chi connectivity index (χ2v) is 7.47. The number of alkyl halides is 19. The van der Waals surface area contributed by atoms with Crippen LogP contribution in [-0.2, 0) is 0 Å². The summed E-state index contributed by atoms with van der Waals surface area (Å²) in [6.45, 7) is 0.833. The van der Waals surface area contributed by atoms with Gasteiger partial charge in [0.05, 0.1) is 0 Å². The third-order valence-electron chi connectivity index (χ3n) is 0.321. The van der Waals surface area contributed by atoms with Gasteiger partial charge in [-0.2, -0.15) is 39.5 Å². The molecule has 0 heterocycles. The molecular formula is C7H5Cl8F11. The van der Waals surface area contributed by atoms with E-state index in [1.54, 1.807) is 0 Å².